The summed E-state index contributed by atoms with van der Waals surface area (Å²) < 4.78 is 0. The Kier molecular flexibility index (Phi) is 6.23. The van der Waals surface area contributed by atoms with E-state index in [0.717, 1.165) is 30.4 Å². The van der Waals surface area contributed by atoms with Crippen molar-refractivity contribution in [2.75, 3.05) is 0 Å². The van der Waals surface area contributed by atoms with Crippen LogP contribution in [0.2, 0.25) is 0 Å². The molecule has 0 spiro atoms. The predicted octanol–water partition coefficient (Wildman–Crippen LogP) is 7.26. The van der Waals surface area contributed by atoms with E-state index in [9.17, 15) is 10.2 Å². The lowest BCUT2D eigenvalue weighted by molar-refractivity contribution is 0.196. The van der Waals surface area contributed by atoms with Gasteiger partial charge in [0.25, 0.3) is 0 Å². The summed E-state index contributed by atoms with van der Waals surface area (Å²) in [6, 6.07) is 11.5. The van der Waals surface area contributed by atoms with Crippen LogP contribution >= 0.6 is 0 Å². The van der Waals surface area contributed by atoms with Crippen LogP contribution in [0.5, 0.6) is 11.5 Å². The van der Waals surface area contributed by atoms with E-state index in [1.54, 1.807) is 0 Å². The van der Waals surface area contributed by atoms with Gasteiger partial charge in [-0.05, 0) is 84.0 Å². The molecule has 0 radical (unpaired) electrons. The smallest absolute Gasteiger partial charge is 0.115 e. The molecule has 2 nitrogen and oxygen atoms in total. The molecular weight excluding hydrogens is 344 g/mol. The van der Waals surface area contributed by atoms with Gasteiger partial charge in [-0.3, -0.25) is 0 Å². The Hall–Kier alpha value is -1.96. The number of hydrogen-bond donors (Lipinski definition) is 2. The molecule has 0 aliphatic carbocycles. The second-order valence-electron chi connectivity index (χ2n) is 10.6. The molecule has 0 aliphatic heterocycles. The van der Waals surface area contributed by atoms with Gasteiger partial charge in [0.15, 0.2) is 0 Å². The van der Waals surface area contributed by atoms with E-state index >= 15 is 0 Å². The number of phenolic OH excluding ortho intramolecular Hbond substituents is 2. The molecule has 2 aromatic rings. The number of phenols is 2. The van der Waals surface area contributed by atoms with Gasteiger partial charge in [-0.1, -0.05) is 60.1 Å². The van der Waals surface area contributed by atoms with Crippen LogP contribution in [0.1, 0.15) is 83.1 Å². The second-order valence-corrected chi connectivity index (χ2v) is 10.6. The van der Waals surface area contributed by atoms with E-state index < -0.39 is 0 Å². The lowest BCUT2D eigenvalue weighted by Crippen LogP contribution is -2.42. The van der Waals surface area contributed by atoms with Crippen LogP contribution in [0.25, 0.3) is 0 Å². The molecule has 0 atom stereocenters. The molecule has 0 saturated carbocycles. The van der Waals surface area contributed by atoms with Crippen molar-refractivity contribution in [2.45, 2.75) is 80.1 Å². The Morgan fingerprint density at radius 3 is 1.43 bits per heavy atom. The highest BCUT2D eigenvalue weighted by Gasteiger charge is 2.46. The van der Waals surface area contributed by atoms with Crippen LogP contribution in [-0.4, -0.2) is 10.2 Å². The topological polar surface area (TPSA) is 40.5 Å². The largest absolute Gasteiger partial charge is 0.508 e. The van der Waals surface area contributed by atoms with E-state index in [1.165, 1.54) is 11.1 Å². The van der Waals surface area contributed by atoms with Gasteiger partial charge in [0, 0.05) is 5.41 Å². The first-order chi connectivity index (χ1) is 12.8. The van der Waals surface area contributed by atoms with Crippen molar-refractivity contribution in [3.8, 4) is 11.5 Å². The minimum absolute atomic E-state index is 0.0473. The minimum Gasteiger partial charge on any atom is -0.508 e. The summed E-state index contributed by atoms with van der Waals surface area (Å²) in [5, 5.41) is 20.0. The lowest BCUT2D eigenvalue weighted by Gasteiger charge is -2.48. The lowest BCUT2D eigenvalue weighted by atomic mass is 9.55. The van der Waals surface area contributed by atoms with Crippen molar-refractivity contribution in [2.24, 2.45) is 10.8 Å². The Morgan fingerprint density at radius 1 is 0.679 bits per heavy atom. The van der Waals surface area contributed by atoms with Crippen LogP contribution in [0, 0.1) is 24.7 Å². The molecule has 0 unspecified atom stereocenters. The maximum atomic E-state index is 10.0. The van der Waals surface area contributed by atoms with Gasteiger partial charge in [-0.15, -0.1) is 0 Å². The third kappa shape index (κ3) is 4.54. The molecular formula is C26H38O2. The van der Waals surface area contributed by atoms with E-state index in [1.807, 2.05) is 24.3 Å². The second kappa shape index (κ2) is 7.81. The average Bonchev–Trinajstić information content (AvgIpc) is 2.50. The molecule has 0 saturated heterocycles. The summed E-state index contributed by atoms with van der Waals surface area (Å²) in [7, 11) is 0. The number of rotatable bonds is 5. The standard InChI is InChI=1S/C26H38O2/c1-18-16-20(27)10-12-22(18)26(25(6,7)8,15-9-14-24(3,4)5)23-13-11-21(28)17-19(23)2/h10-13,16-17,27-28H,9,14-15H2,1-8H3. The van der Waals surface area contributed by atoms with Gasteiger partial charge >= 0.3 is 0 Å². The zero-order valence-electron chi connectivity index (χ0n) is 19.0. The summed E-state index contributed by atoms with van der Waals surface area (Å²) in [6.45, 7) is 18.0. The van der Waals surface area contributed by atoms with Gasteiger partial charge < -0.3 is 10.2 Å². The van der Waals surface area contributed by atoms with Crippen molar-refractivity contribution in [1.82, 2.24) is 0 Å². The van der Waals surface area contributed by atoms with Crippen molar-refractivity contribution < 1.29 is 10.2 Å². The molecule has 28 heavy (non-hydrogen) atoms. The Bertz CT molecular complexity index is 768. The molecule has 0 amide bonds. The molecule has 0 aromatic heterocycles. The fourth-order valence-electron chi connectivity index (χ4n) is 4.73. The number of aromatic hydroxyl groups is 2. The molecule has 2 aromatic carbocycles. The summed E-state index contributed by atoms with van der Waals surface area (Å²) >= 11 is 0. The SMILES string of the molecule is Cc1cc(O)ccc1C(CCCC(C)(C)C)(c1ccc(O)cc1C)C(C)(C)C. The molecule has 2 N–H and O–H groups in total. The fourth-order valence-corrected chi connectivity index (χ4v) is 4.73. The maximum absolute atomic E-state index is 10.0. The molecule has 0 fully saturated rings. The molecule has 2 heteroatoms. The van der Waals surface area contributed by atoms with Crippen LogP contribution < -0.4 is 0 Å². The van der Waals surface area contributed by atoms with Crippen LogP contribution in [0.3, 0.4) is 0 Å². The Morgan fingerprint density at radius 2 is 1.11 bits per heavy atom. The van der Waals surface area contributed by atoms with Gasteiger partial charge in [-0.2, -0.15) is 0 Å². The quantitative estimate of drug-likeness (QED) is 0.571. The number of hydrogen-bond acceptors (Lipinski definition) is 2. The fraction of sp³-hybridized carbons (Fsp3) is 0.538. The maximum Gasteiger partial charge on any atom is 0.115 e. The minimum atomic E-state index is -0.214. The monoisotopic (exact) mass is 382 g/mol. The van der Waals surface area contributed by atoms with Crippen molar-refractivity contribution >= 4 is 0 Å². The van der Waals surface area contributed by atoms with Crippen LogP contribution in [0.4, 0.5) is 0 Å². The molecule has 2 rings (SSSR count). The van der Waals surface area contributed by atoms with E-state index in [-0.39, 0.29) is 16.2 Å². The zero-order valence-corrected chi connectivity index (χ0v) is 19.0. The average molecular weight is 383 g/mol. The van der Waals surface area contributed by atoms with Crippen LogP contribution in [0.15, 0.2) is 36.4 Å². The number of aryl methyl sites for hydroxylation is 2. The molecule has 0 heterocycles. The van der Waals surface area contributed by atoms with E-state index in [2.05, 4.69) is 67.5 Å². The normalized spacial score (nSPS) is 13.0. The zero-order chi connectivity index (χ0) is 21.3. The summed E-state index contributed by atoms with van der Waals surface area (Å²) in [6.07, 6.45) is 3.28. The summed E-state index contributed by atoms with van der Waals surface area (Å²) in [4.78, 5) is 0. The molecule has 154 valence electrons. The Balaban J connectivity index is 2.76. The van der Waals surface area contributed by atoms with Crippen molar-refractivity contribution in [3.63, 3.8) is 0 Å². The number of benzene rings is 2. The highest BCUT2D eigenvalue weighted by atomic mass is 16.3. The van der Waals surface area contributed by atoms with E-state index in [4.69, 9.17) is 0 Å². The summed E-state index contributed by atoms with van der Waals surface area (Å²) in [5.74, 6) is 0.613. The summed E-state index contributed by atoms with van der Waals surface area (Å²) in [5.41, 5.74) is 4.78. The van der Waals surface area contributed by atoms with Gasteiger partial charge in [-0.25, -0.2) is 0 Å². The third-order valence-electron chi connectivity index (χ3n) is 6.10. The van der Waals surface area contributed by atoms with Gasteiger partial charge in [0.05, 0.1) is 0 Å². The molecule has 0 bridgehead atoms. The predicted molar refractivity (Wildman–Crippen MR) is 119 cm³/mol. The van der Waals surface area contributed by atoms with E-state index in [0.29, 0.717) is 11.5 Å². The first kappa shape index (κ1) is 22.3. The highest BCUT2D eigenvalue weighted by molar-refractivity contribution is 5.51. The van der Waals surface area contributed by atoms with Crippen molar-refractivity contribution in [3.05, 3.63) is 58.7 Å². The first-order valence-electron chi connectivity index (χ1n) is 10.4. The molecule has 0 aliphatic rings. The van der Waals surface area contributed by atoms with Crippen molar-refractivity contribution in [1.29, 1.82) is 0 Å². The third-order valence-corrected chi connectivity index (χ3v) is 6.10. The Labute approximate surface area is 171 Å². The first-order valence-corrected chi connectivity index (χ1v) is 10.4. The highest BCUT2D eigenvalue weighted by Crippen LogP contribution is 2.53. The van der Waals surface area contributed by atoms with Gasteiger partial charge in [0.1, 0.15) is 11.5 Å². The van der Waals surface area contributed by atoms with Gasteiger partial charge in [0.2, 0.25) is 0 Å². The van der Waals surface area contributed by atoms with Crippen LogP contribution in [-0.2, 0) is 5.41 Å².